The first-order chi connectivity index (χ1) is 16.4. The molecule has 178 valence electrons. The van der Waals surface area contributed by atoms with Gasteiger partial charge in [-0.1, -0.05) is 42.1 Å². The van der Waals surface area contributed by atoms with Crippen LogP contribution in [-0.2, 0) is 9.53 Å². The number of aliphatic imine (C=N–C) groups is 1. The second-order valence-corrected chi connectivity index (χ2v) is 9.44. The van der Waals surface area contributed by atoms with Gasteiger partial charge in [0.15, 0.2) is 5.17 Å². The zero-order valence-electron chi connectivity index (χ0n) is 20.0. The molecule has 1 unspecified atom stereocenters. The minimum absolute atomic E-state index is 0.267. The number of benzene rings is 2. The summed E-state index contributed by atoms with van der Waals surface area (Å²) in [5.74, 6) is 0.682. The van der Waals surface area contributed by atoms with Gasteiger partial charge in [-0.15, -0.1) is 0 Å². The fourth-order valence-electron chi connectivity index (χ4n) is 4.32. The highest BCUT2D eigenvalue weighted by molar-refractivity contribution is 8.13. The first-order valence-corrected chi connectivity index (χ1v) is 12.5. The molecule has 1 saturated heterocycles. The topological polar surface area (TPSA) is 83.0 Å². The van der Waals surface area contributed by atoms with Crippen LogP contribution in [0.15, 0.2) is 58.7 Å². The van der Waals surface area contributed by atoms with Crippen LogP contribution in [0.2, 0.25) is 0 Å². The summed E-state index contributed by atoms with van der Waals surface area (Å²) < 4.78 is 5.37. The monoisotopic (exact) mass is 478 g/mol. The van der Waals surface area contributed by atoms with Gasteiger partial charge in [-0.3, -0.25) is 0 Å². The summed E-state index contributed by atoms with van der Waals surface area (Å²) in [7, 11) is 0. The molecule has 4 rings (SSSR count). The molecule has 2 aromatic rings. The van der Waals surface area contributed by atoms with Crippen molar-refractivity contribution < 1.29 is 14.3 Å². The lowest BCUT2D eigenvalue weighted by molar-refractivity contribution is -0.139. The highest BCUT2D eigenvalue weighted by atomic mass is 32.2. The molecule has 34 heavy (non-hydrogen) atoms. The largest absolute Gasteiger partial charge is 0.463 e. The third kappa shape index (κ3) is 4.97. The molecule has 8 heteroatoms. The predicted molar refractivity (Wildman–Crippen MR) is 138 cm³/mol. The van der Waals surface area contributed by atoms with Gasteiger partial charge in [0.25, 0.3) is 0 Å². The Morgan fingerprint density at radius 1 is 1.09 bits per heavy atom. The van der Waals surface area contributed by atoms with Crippen LogP contribution in [0.1, 0.15) is 43.0 Å². The number of rotatable bonds is 5. The van der Waals surface area contributed by atoms with Crippen molar-refractivity contribution in [3.63, 3.8) is 0 Å². The third-order valence-corrected chi connectivity index (χ3v) is 7.03. The van der Waals surface area contributed by atoms with E-state index in [-0.39, 0.29) is 18.0 Å². The molecule has 0 bridgehead atoms. The number of nitrogens with one attached hydrogen (secondary N) is 2. The number of thioether (sulfide) groups is 1. The molecule has 0 saturated carbocycles. The minimum atomic E-state index is -0.335. The second-order valence-electron chi connectivity index (χ2n) is 8.38. The van der Waals surface area contributed by atoms with E-state index < -0.39 is 0 Å². The third-order valence-electron chi connectivity index (χ3n) is 5.96. The van der Waals surface area contributed by atoms with Gasteiger partial charge in [0.05, 0.1) is 23.9 Å². The number of carbonyl (C=O) groups excluding carboxylic acids is 2. The minimum Gasteiger partial charge on any atom is -0.463 e. The number of hydrogen-bond acceptors (Lipinski definition) is 6. The lowest BCUT2D eigenvalue weighted by Crippen LogP contribution is -2.42. The summed E-state index contributed by atoms with van der Waals surface area (Å²) in [6, 6.07) is 13.0. The Morgan fingerprint density at radius 2 is 1.79 bits per heavy atom. The highest BCUT2D eigenvalue weighted by Gasteiger charge is 2.37. The van der Waals surface area contributed by atoms with Gasteiger partial charge in [-0.2, -0.15) is 0 Å². The lowest BCUT2D eigenvalue weighted by atomic mass is 9.94. The van der Waals surface area contributed by atoms with Crippen LogP contribution in [0, 0.1) is 13.8 Å². The Bertz CT molecular complexity index is 1140. The summed E-state index contributed by atoms with van der Waals surface area (Å²) in [6.45, 7) is 8.74. The number of aryl methyl sites for hydroxylation is 2. The van der Waals surface area contributed by atoms with E-state index in [4.69, 9.17) is 9.73 Å². The number of allylic oxidation sites excluding steroid dienone is 1. The molecule has 0 aromatic heterocycles. The molecule has 2 N–H and O–H groups in total. The van der Waals surface area contributed by atoms with Crippen molar-refractivity contribution >= 4 is 40.3 Å². The van der Waals surface area contributed by atoms with Crippen LogP contribution in [0.4, 0.5) is 16.2 Å². The molecule has 0 radical (unpaired) electrons. The number of carbonyl (C=O) groups is 2. The maximum Gasteiger partial charge on any atom is 0.338 e. The van der Waals surface area contributed by atoms with E-state index in [2.05, 4.69) is 15.5 Å². The van der Waals surface area contributed by atoms with Crippen LogP contribution in [-0.4, -0.2) is 41.0 Å². The van der Waals surface area contributed by atoms with Crippen molar-refractivity contribution in [1.29, 1.82) is 0 Å². The van der Waals surface area contributed by atoms with E-state index in [9.17, 15) is 9.59 Å². The quantitative estimate of drug-likeness (QED) is 0.544. The fourth-order valence-corrected chi connectivity index (χ4v) is 5.34. The Kier molecular flexibility index (Phi) is 7.26. The van der Waals surface area contributed by atoms with E-state index in [1.54, 1.807) is 18.7 Å². The molecular weight excluding hydrogens is 448 g/mol. The number of fused-ring (bicyclic) bond motifs is 1. The summed E-state index contributed by atoms with van der Waals surface area (Å²) in [5, 5.41) is 6.78. The first-order valence-electron chi connectivity index (χ1n) is 11.5. The maximum atomic E-state index is 12.9. The number of amidine groups is 1. The van der Waals surface area contributed by atoms with Gasteiger partial charge in [0.1, 0.15) is 0 Å². The van der Waals surface area contributed by atoms with Crippen molar-refractivity contribution in [2.45, 2.75) is 40.2 Å². The number of ether oxygens (including phenoxy) is 1. The lowest BCUT2D eigenvalue weighted by Gasteiger charge is -2.40. The summed E-state index contributed by atoms with van der Waals surface area (Å²) >= 11 is 1.72. The molecule has 2 amide bonds. The number of esters is 1. The fraction of sp³-hybridized carbons (Fsp3) is 0.346. The van der Waals surface area contributed by atoms with Gasteiger partial charge in [-0.05, 0) is 62.9 Å². The molecule has 2 heterocycles. The predicted octanol–water partition coefficient (Wildman–Crippen LogP) is 5.63. The number of anilines is 2. The molecule has 1 atom stereocenters. The van der Waals surface area contributed by atoms with Crippen LogP contribution in [0.5, 0.6) is 0 Å². The smallest absolute Gasteiger partial charge is 0.338 e. The number of hydrogen-bond donors (Lipinski definition) is 2. The molecule has 7 nitrogen and oxygen atoms in total. The molecule has 0 aliphatic carbocycles. The maximum absolute atomic E-state index is 12.9. The zero-order valence-corrected chi connectivity index (χ0v) is 20.8. The number of urea groups is 1. The molecule has 2 aromatic carbocycles. The Balaban J connectivity index is 1.56. The zero-order chi connectivity index (χ0) is 24.2. The van der Waals surface area contributed by atoms with E-state index >= 15 is 0 Å². The van der Waals surface area contributed by atoms with Gasteiger partial charge in [-0.25, -0.2) is 14.6 Å². The molecule has 0 spiro atoms. The van der Waals surface area contributed by atoms with E-state index in [0.717, 1.165) is 46.3 Å². The number of amides is 2. The second kappa shape index (κ2) is 10.3. The van der Waals surface area contributed by atoms with Crippen molar-refractivity contribution in [2.75, 3.05) is 29.5 Å². The average Bonchev–Trinajstić information content (AvgIpc) is 2.81. The van der Waals surface area contributed by atoms with Gasteiger partial charge in [0, 0.05) is 23.7 Å². The average molecular weight is 479 g/mol. The number of para-hydroxylation sites is 1. The Hall–Kier alpha value is -3.26. The van der Waals surface area contributed by atoms with Gasteiger partial charge < -0.3 is 20.3 Å². The van der Waals surface area contributed by atoms with Crippen molar-refractivity contribution in [3.05, 3.63) is 70.4 Å². The van der Waals surface area contributed by atoms with Crippen LogP contribution in [0.25, 0.3) is 0 Å². The van der Waals surface area contributed by atoms with Crippen molar-refractivity contribution in [1.82, 2.24) is 4.90 Å². The Morgan fingerprint density at radius 3 is 2.47 bits per heavy atom. The Labute approximate surface area is 204 Å². The standard InChI is InChI=1S/C26H30N4O3S/c1-5-33-24(31)21-18(4)27-26-30(14-7-15-34-26)23(21)19-10-12-20(13-11-19)28-25(32)29-22-16(2)8-6-9-17(22)3/h6,8-13,23H,5,7,14-15H2,1-4H3,(H2,28,29,32). The summed E-state index contributed by atoms with van der Waals surface area (Å²) in [6.07, 6.45) is 1.02. The normalized spacial score (nSPS) is 17.6. The number of nitrogens with zero attached hydrogens (tertiary/aromatic N) is 2. The van der Waals surface area contributed by atoms with Gasteiger partial charge >= 0.3 is 12.0 Å². The SMILES string of the molecule is CCOC(=O)C1=C(C)N=C2SCCCN2C1c1ccc(NC(=O)Nc2c(C)cccc2C)cc1. The van der Waals surface area contributed by atoms with Crippen molar-refractivity contribution in [2.24, 2.45) is 4.99 Å². The van der Waals surface area contributed by atoms with Crippen LogP contribution in [0.3, 0.4) is 0 Å². The summed E-state index contributed by atoms with van der Waals surface area (Å²) in [4.78, 5) is 32.3. The van der Waals surface area contributed by atoms with Crippen molar-refractivity contribution in [3.8, 4) is 0 Å². The van der Waals surface area contributed by atoms with E-state index in [1.807, 2.05) is 63.2 Å². The molecule has 1 fully saturated rings. The molecule has 2 aliphatic rings. The van der Waals surface area contributed by atoms with Crippen LogP contribution >= 0.6 is 11.8 Å². The molecule has 2 aliphatic heterocycles. The van der Waals surface area contributed by atoms with Gasteiger partial charge in [0.2, 0.25) is 0 Å². The van der Waals surface area contributed by atoms with E-state index in [1.165, 1.54) is 0 Å². The highest BCUT2D eigenvalue weighted by Crippen LogP contribution is 2.40. The van der Waals surface area contributed by atoms with E-state index in [0.29, 0.717) is 23.6 Å². The molecular formula is C26H30N4O3S. The summed E-state index contributed by atoms with van der Waals surface area (Å²) in [5.41, 5.74) is 5.72. The first kappa shape index (κ1) is 23.9. The van der Waals surface area contributed by atoms with Crippen LogP contribution < -0.4 is 10.6 Å².